The molecular weight excluding hydrogens is 362 g/mol. The number of ether oxygens (including phenoxy) is 1. The number of amides is 5. The van der Waals surface area contributed by atoms with E-state index < -0.39 is 23.4 Å². The van der Waals surface area contributed by atoms with E-state index in [1.165, 1.54) is 0 Å². The average molecular weight is 402 g/mol. The van der Waals surface area contributed by atoms with Gasteiger partial charge in [-0.1, -0.05) is 54.9 Å². The largest absolute Gasteiger partial charge is 0.384 e. The molecular formula is C20H39N3O5. The van der Waals surface area contributed by atoms with Crippen LogP contribution in [-0.2, 0) is 9.53 Å². The van der Waals surface area contributed by atoms with E-state index in [1.807, 2.05) is 48.5 Å². The summed E-state index contributed by atoms with van der Waals surface area (Å²) < 4.78 is 5.13. The van der Waals surface area contributed by atoms with E-state index in [1.54, 1.807) is 7.11 Å². The van der Waals surface area contributed by atoms with Crippen LogP contribution in [0.3, 0.4) is 0 Å². The maximum Gasteiger partial charge on any atom is 0.359 e. The fourth-order valence-corrected chi connectivity index (χ4v) is 2.54. The third-order valence-electron chi connectivity index (χ3n) is 3.95. The van der Waals surface area contributed by atoms with E-state index in [-0.39, 0.29) is 30.0 Å². The van der Waals surface area contributed by atoms with Crippen LogP contribution in [0.25, 0.3) is 0 Å². The maximum absolute atomic E-state index is 12.6. The monoisotopic (exact) mass is 401 g/mol. The van der Waals surface area contributed by atoms with Gasteiger partial charge in [-0.3, -0.25) is 10.0 Å². The van der Waals surface area contributed by atoms with Crippen LogP contribution in [0.5, 0.6) is 0 Å². The van der Waals surface area contributed by atoms with E-state index in [2.05, 4.69) is 5.32 Å². The van der Waals surface area contributed by atoms with E-state index in [0.29, 0.717) is 18.9 Å². The van der Waals surface area contributed by atoms with E-state index in [4.69, 9.17) is 4.74 Å². The zero-order valence-corrected chi connectivity index (χ0v) is 18.8. The molecule has 0 heterocycles. The molecule has 0 aliphatic carbocycles. The first kappa shape index (κ1) is 26.3. The summed E-state index contributed by atoms with van der Waals surface area (Å²) >= 11 is 0. The molecule has 0 saturated heterocycles. The van der Waals surface area contributed by atoms with Crippen LogP contribution >= 0.6 is 0 Å². The molecule has 0 rings (SSSR count). The summed E-state index contributed by atoms with van der Waals surface area (Å²) in [7, 11) is 1.58. The number of hydrogen-bond acceptors (Lipinski definition) is 5. The molecule has 5 amide bonds. The molecule has 0 atom stereocenters. The average Bonchev–Trinajstić information content (AvgIpc) is 2.55. The first-order valence-electron chi connectivity index (χ1n) is 9.80. The minimum absolute atomic E-state index is 0.0479. The summed E-state index contributed by atoms with van der Waals surface area (Å²) in [6, 6.07) is -1.69. The fraction of sp³-hybridized carbons (Fsp3) is 0.850. The van der Waals surface area contributed by atoms with Crippen LogP contribution in [-0.4, -0.2) is 59.9 Å². The molecule has 2 N–H and O–H groups in total. The summed E-state index contributed by atoms with van der Waals surface area (Å²) in [5.41, 5.74) is -0.733. The lowest BCUT2D eigenvalue weighted by Gasteiger charge is -2.31. The first-order chi connectivity index (χ1) is 12.7. The molecule has 8 heteroatoms. The molecule has 28 heavy (non-hydrogen) atoms. The highest BCUT2D eigenvalue weighted by molar-refractivity contribution is 6.00. The third kappa shape index (κ3) is 10.6. The lowest BCUT2D eigenvalue weighted by Crippen LogP contribution is -2.54. The van der Waals surface area contributed by atoms with E-state index in [0.717, 1.165) is 11.3 Å². The zero-order chi connectivity index (χ0) is 22.1. The highest BCUT2D eigenvalue weighted by Crippen LogP contribution is 2.18. The normalized spacial score (nSPS) is 12.1. The summed E-state index contributed by atoms with van der Waals surface area (Å²) in [6.07, 6.45) is 1.43. The van der Waals surface area contributed by atoms with Crippen LogP contribution in [0.4, 0.5) is 9.59 Å². The van der Waals surface area contributed by atoms with Gasteiger partial charge in [0.05, 0.1) is 6.61 Å². The second-order valence-electron chi connectivity index (χ2n) is 9.68. The molecule has 0 aliphatic rings. The number of nitrogens with one attached hydrogen (secondary N) is 1. The molecule has 0 radical (unpaired) electrons. The Hall–Kier alpha value is -1.67. The van der Waals surface area contributed by atoms with Crippen molar-refractivity contribution in [1.29, 1.82) is 0 Å². The third-order valence-corrected chi connectivity index (χ3v) is 3.95. The molecule has 0 aliphatic heterocycles. The second-order valence-corrected chi connectivity index (χ2v) is 9.68. The van der Waals surface area contributed by atoms with Gasteiger partial charge in [-0.25, -0.2) is 14.5 Å². The summed E-state index contributed by atoms with van der Waals surface area (Å²) in [6.45, 7) is 14.3. The molecule has 0 saturated carbocycles. The summed E-state index contributed by atoms with van der Waals surface area (Å²) in [5, 5.41) is 12.8. The predicted octanol–water partition coefficient (Wildman–Crippen LogP) is 3.88. The van der Waals surface area contributed by atoms with Gasteiger partial charge >= 0.3 is 12.1 Å². The van der Waals surface area contributed by atoms with Crippen LogP contribution in [0.1, 0.15) is 67.7 Å². The second kappa shape index (κ2) is 11.4. The Morgan fingerprint density at radius 3 is 2.14 bits per heavy atom. The fourth-order valence-electron chi connectivity index (χ4n) is 2.54. The predicted molar refractivity (Wildman–Crippen MR) is 108 cm³/mol. The molecule has 0 fully saturated rings. The molecule has 164 valence electrons. The van der Waals surface area contributed by atoms with Crippen molar-refractivity contribution in [3.05, 3.63) is 0 Å². The number of carbonyl (C=O) groups is 3. The van der Waals surface area contributed by atoms with Crippen molar-refractivity contribution in [3.63, 3.8) is 0 Å². The smallest absolute Gasteiger partial charge is 0.359 e. The topological polar surface area (TPSA) is 99.2 Å². The Morgan fingerprint density at radius 1 is 1.11 bits per heavy atom. The summed E-state index contributed by atoms with van der Waals surface area (Å²) in [5.74, 6) is -0.286. The van der Waals surface area contributed by atoms with Crippen LogP contribution in [0, 0.1) is 16.7 Å². The van der Waals surface area contributed by atoms with E-state index >= 15 is 0 Å². The quantitative estimate of drug-likeness (QED) is 0.451. The molecule has 0 bridgehead atoms. The van der Waals surface area contributed by atoms with Crippen LogP contribution in [0.15, 0.2) is 0 Å². The Labute approximate surface area is 169 Å². The van der Waals surface area contributed by atoms with Gasteiger partial charge in [-0.2, -0.15) is 0 Å². The Balaban J connectivity index is 5.13. The standard InChI is InChI=1S/C20H39N3O5/c1-15(2)10-9-11-16(24)23(27)18(26)22(13-19(3,4)5)17(25)21-12-20(6,7)14-28-8/h15,27H,9-14H2,1-8H3,(H,21,25). The molecule has 0 spiro atoms. The van der Waals surface area contributed by atoms with Gasteiger partial charge in [0.2, 0.25) is 0 Å². The van der Waals surface area contributed by atoms with Gasteiger partial charge in [0.15, 0.2) is 0 Å². The van der Waals surface area contributed by atoms with Gasteiger partial charge < -0.3 is 10.1 Å². The number of hydroxylamine groups is 2. The molecule has 0 aromatic heterocycles. The van der Waals surface area contributed by atoms with Gasteiger partial charge in [0.1, 0.15) is 0 Å². The number of hydrogen-bond donors (Lipinski definition) is 2. The highest BCUT2D eigenvalue weighted by Gasteiger charge is 2.33. The van der Waals surface area contributed by atoms with Gasteiger partial charge in [-0.05, 0) is 17.8 Å². The first-order valence-corrected chi connectivity index (χ1v) is 9.80. The van der Waals surface area contributed by atoms with Crippen molar-refractivity contribution in [2.75, 3.05) is 26.8 Å². The van der Waals surface area contributed by atoms with Crippen molar-refractivity contribution in [1.82, 2.24) is 15.3 Å². The van der Waals surface area contributed by atoms with Crippen LogP contribution < -0.4 is 5.32 Å². The van der Waals surface area contributed by atoms with Crippen molar-refractivity contribution in [2.24, 2.45) is 16.7 Å². The van der Waals surface area contributed by atoms with Gasteiger partial charge in [0, 0.05) is 32.0 Å². The zero-order valence-electron chi connectivity index (χ0n) is 18.8. The van der Waals surface area contributed by atoms with E-state index in [9.17, 15) is 19.6 Å². The van der Waals surface area contributed by atoms with Gasteiger partial charge in [0.25, 0.3) is 5.91 Å². The lowest BCUT2D eigenvalue weighted by molar-refractivity contribution is -0.154. The highest BCUT2D eigenvalue weighted by atomic mass is 16.5. The summed E-state index contributed by atoms with van der Waals surface area (Å²) in [4.78, 5) is 38.3. The SMILES string of the molecule is COCC(C)(C)CNC(=O)N(CC(C)(C)C)C(=O)N(O)C(=O)CCCC(C)C. The number of urea groups is 2. The molecule has 0 aromatic rings. The number of carbonyl (C=O) groups excluding carboxylic acids is 3. The molecule has 8 nitrogen and oxygen atoms in total. The Bertz CT molecular complexity index is 526. The minimum atomic E-state index is -1.04. The Kier molecular flexibility index (Phi) is 10.7. The Morgan fingerprint density at radius 2 is 1.68 bits per heavy atom. The van der Waals surface area contributed by atoms with Crippen molar-refractivity contribution in [3.8, 4) is 0 Å². The van der Waals surface area contributed by atoms with Gasteiger partial charge in [-0.15, -0.1) is 5.06 Å². The van der Waals surface area contributed by atoms with Crippen molar-refractivity contribution >= 4 is 18.0 Å². The number of rotatable bonds is 9. The van der Waals surface area contributed by atoms with Crippen molar-refractivity contribution < 1.29 is 24.3 Å². The molecule has 0 unspecified atom stereocenters. The number of imide groups is 2. The minimum Gasteiger partial charge on any atom is -0.384 e. The number of methoxy groups -OCH3 is 1. The number of nitrogens with zero attached hydrogens (tertiary/aromatic N) is 2. The maximum atomic E-state index is 12.6. The molecule has 0 aromatic carbocycles. The van der Waals surface area contributed by atoms with Crippen molar-refractivity contribution in [2.45, 2.75) is 67.7 Å². The lowest BCUT2D eigenvalue weighted by atomic mass is 9.95. The van der Waals surface area contributed by atoms with Crippen LogP contribution in [0.2, 0.25) is 0 Å².